The number of nitrogens with one attached hydrogen (secondary N) is 2. The number of nitriles is 1. The van der Waals surface area contributed by atoms with E-state index in [2.05, 4.69) is 16.7 Å². The van der Waals surface area contributed by atoms with E-state index in [0.29, 0.717) is 48.2 Å². The lowest BCUT2D eigenvalue weighted by atomic mass is 9.81. The molecular formula is C23H23N3O3. The maximum Gasteiger partial charge on any atom is 0.227 e. The number of hydrogen-bond acceptors (Lipinski definition) is 4. The van der Waals surface area contributed by atoms with Crippen molar-refractivity contribution in [1.29, 1.82) is 5.26 Å². The van der Waals surface area contributed by atoms with Gasteiger partial charge in [0, 0.05) is 23.1 Å². The average molecular weight is 389 g/mol. The molecule has 0 unspecified atom stereocenters. The summed E-state index contributed by atoms with van der Waals surface area (Å²) < 4.78 is 0. The molecule has 1 fully saturated rings. The largest absolute Gasteiger partial charge is 0.326 e. The summed E-state index contributed by atoms with van der Waals surface area (Å²) in [5, 5.41) is 14.9. The fourth-order valence-corrected chi connectivity index (χ4v) is 3.60. The predicted molar refractivity (Wildman–Crippen MR) is 110 cm³/mol. The first-order valence-corrected chi connectivity index (χ1v) is 9.70. The van der Waals surface area contributed by atoms with Gasteiger partial charge in [-0.3, -0.25) is 14.4 Å². The number of rotatable bonds is 5. The topological polar surface area (TPSA) is 99.1 Å². The van der Waals surface area contributed by atoms with E-state index in [9.17, 15) is 14.4 Å². The molecule has 0 bridgehead atoms. The number of amides is 2. The van der Waals surface area contributed by atoms with Crippen LogP contribution in [0, 0.1) is 23.2 Å². The summed E-state index contributed by atoms with van der Waals surface area (Å²) in [4.78, 5) is 36.6. The molecule has 0 aromatic heterocycles. The molecule has 3 rings (SSSR count). The van der Waals surface area contributed by atoms with E-state index < -0.39 is 0 Å². The Hall–Kier alpha value is -3.46. The predicted octanol–water partition coefficient (Wildman–Crippen LogP) is 4.14. The van der Waals surface area contributed by atoms with Crippen LogP contribution in [-0.2, 0) is 9.59 Å². The van der Waals surface area contributed by atoms with Gasteiger partial charge in [0.2, 0.25) is 11.8 Å². The molecule has 0 radical (unpaired) electrons. The summed E-state index contributed by atoms with van der Waals surface area (Å²) in [6.07, 6.45) is 2.48. The van der Waals surface area contributed by atoms with E-state index >= 15 is 0 Å². The van der Waals surface area contributed by atoms with Gasteiger partial charge < -0.3 is 10.6 Å². The van der Waals surface area contributed by atoms with Crippen LogP contribution in [-0.4, -0.2) is 17.6 Å². The number of para-hydroxylation sites is 1. The third-order valence-corrected chi connectivity index (χ3v) is 5.31. The van der Waals surface area contributed by atoms with E-state index in [-0.39, 0.29) is 29.4 Å². The van der Waals surface area contributed by atoms with E-state index in [1.807, 2.05) is 0 Å². The summed E-state index contributed by atoms with van der Waals surface area (Å²) in [5.74, 6) is -0.580. The normalized spacial score (nSPS) is 18.3. The lowest BCUT2D eigenvalue weighted by molar-refractivity contribution is -0.125. The summed E-state index contributed by atoms with van der Waals surface area (Å²) in [6, 6.07) is 15.9. The van der Waals surface area contributed by atoms with Crippen molar-refractivity contribution in [3.8, 4) is 6.07 Å². The molecule has 2 amide bonds. The second kappa shape index (κ2) is 9.16. The van der Waals surface area contributed by atoms with Crippen molar-refractivity contribution < 1.29 is 14.4 Å². The maximum absolute atomic E-state index is 12.6. The summed E-state index contributed by atoms with van der Waals surface area (Å²) in [5.41, 5.74) is 2.11. The lowest BCUT2D eigenvalue weighted by Gasteiger charge is -2.27. The minimum absolute atomic E-state index is 0.0504. The fraction of sp³-hybridized carbons (Fsp3) is 0.304. The number of nitrogens with zero attached hydrogens (tertiary/aromatic N) is 1. The third kappa shape index (κ3) is 5.08. The molecule has 0 aliphatic heterocycles. The Morgan fingerprint density at radius 3 is 2.14 bits per heavy atom. The number of anilines is 2. The van der Waals surface area contributed by atoms with Gasteiger partial charge in [-0.25, -0.2) is 0 Å². The SMILES string of the molecule is CC(=O)c1cccc(NC(=O)C2CCC(C(=O)Nc3ccccc3C#N)CC2)c1. The molecule has 2 aromatic rings. The Kier molecular flexibility index (Phi) is 6.40. The number of hydrogen-bond donors (Lipinski definition) is 2. The van der Waals surface area contributed by atoms with Gasteiger partial charge in [-0.05, 0) is 56.9 Å². The van der Waals surface area contributed by atoms with E-state index in [0.717, 1.165) is 0 Å². The van der Waals surface area contributed by atoms with Gasteiger partial charge >= 0.3 is 0 Å². The Bertz CT molecular complexity index is 969. The van der Waals surface area contributed by atoms with Crippen LogP contribution in [0.3, 0.4) is 0 Å². The van der Waals surface area contributed by atoms with Gasteiger partial charge in [-0.1, -0.05) is 24.3 Å². The molecule has 2 N–H and O–H groups in total. The monoisotopic (exact) mass is 389 g/mol. The number of benzene rings is 2. The maximum atomic E-state index is 12.6. The van der Waals surface area contributed by atoms with Gasteiger partial charge in [-0.15, -0.1) is 0 Å². The number of Topliss-reactive ketones (excluding diaryl/α,β-unsaturated/α-hetero) is 1. The second-order valence-electron chi connectivity index (χ2n) is 7.32. The highest BCUT2D eigenvalue weighted by molar-refractivity contribution is 5.98. The summed E-state index contributed by atoms with van der Waals surface area (Å²) >= 11 is 0. The average Bonchev–Trinajstić information content (AvgIpc) is 2.74. The summed E-state index contributed by atoms with van der Waals surface area (Å²) in [6.45, 7) is 1.49. The molecule has 1 aliphatic rings. The highest BCUT2D eigenvalue weighted by Gasteiger charge is 2.30. The zero-order valence-electron chi connectivity index (χ0n) is 16.3. The molecule has 2 aromatic carbocycles. The van der Waals surface area contributed by atoms with Crippen LogP contribution in [0.1, 0.15) is 48.5 Å². The first kappa shape index (κ1) is 20.3. The van der Waals surface area contributed by atoms with Gasteiger partial charge in [0.05, 0.1) is 11.3 Å². The van der Waals surface area contributed by atoms with Crippen molar-refractivity contribution in [2.45, 2.75) is 32.6 Å². The zero-order chi connectivity index (χ0) is 20.8. The highest BCUT2D eigenvalue weighted by atomic mass is 16.2. The molecule has 0 atom stereocenters. The number of ketones is 1. The van der Waals surface area contributed by atoms with Crippen LogP contribution in [0.2, 0.25) is 0 Å². The van der Waals surface area contributed by atoms with Gasteiger partial charge in [-0.2, -0.15) is 5.26 Å². The molecule has 0 spiro atoms. The molecule has 6 nitrogen and oxygen atoms in total. The lowest BCUT2D eigenvalue weighted by Crippen LogP contribution is -2.32. The molecule has 6 heteroatoms. The first-order valence-electron chi connectivity index (χ1n) is 9.70. The minimum Gasteiger partial charge on any atom is -0.326 e. The molecule has 1 aliphatic carbocycles. The van der Waals surface area contributed by atoms with E-state index in [4.69, 9.17) is 5.26 Å². The number of carbonyl (C=O) groups excluding carboxylic acids is 3. The first-order chi connectivity index (χ1) is 14.0. The Morgan fingerprint density at radius 1 is 0.897 bits per heavy atom. The smallest absolute Gasteiger partial charge is 0.227 e. The molecule has 0 saturated heterocycles. The molecule has 29 heavy (non-hydrogen) atoms. The van der Waals surface area contributed by atoms with Gasteiger partial charge in [0.15, 0.2) is 5.78 Å². The Balaban J connectivity index is 1.54. The van der Waals surface area contributed by atoms with Crippen molar-refractivity contribution in [2.24, 2.45) is 11.8 Å². The van der Waals surface area contributed by atoms with Crippen molar-refractivity contribution in [2.75, 3.05) is 10.6 Å². The van der Waals surface area contributed by atoms with Crippen LogP contribution in [0.15, 0.2) is 48.5 Å². The molecule has 148 valence electrons. The quantitative estimate of drug-likeness (QED) is 0.751. The standard InChI is InChI=1S/C23H23N3O3/c1-15(27)18-6-4-7-20(13-18)25-22(28)16-9-11-17(12-10-16)23(29)26-21-8-3-2-5-19(21)14-24/h2-8,13,16-17H,9-12H2,1H3,(H,25,28)(H,26,29). The molecule has 1 saturated carbocycles. The minimum atomic E-state index is -0.174. The van der Waals surface area contributed by atoms with Crippen LogP contribution < -0.4 is 10.6 Å². The van der Waals surface area contributed by atoms with Gasteiger partial charge in [0.1, 0.15) is 6.07 Å². The van der Waals surface area contributed by atoms with E-state index in [1.165, 1.54) is 6.92 Å². The Labute approximate surface area is 169 Å². The van der Waals surface area contributed by atoms with Crippen molar-refractivity contribution in [3.63, 3.8) is 0 Å². The number of carbonyl (C=O) groups is 3. The van der Waals surface area contributed by atoms with Crippen molar-refractivity contribution in [3.05, 3.63) is 59.7 Å². The van der Waals surface area contributed by atoms with Crippen molar-refractivity contribution in [1.82, 2.24) is 0 Å². The Morgan fingerprint density at radius 2 is 1.52 bits per heavy atom. The van der Waals surface area contributed by atoms with Crippen LogP contribution >= 0.6 is 0 Å². The van der Waals surface area contributed by atoms with Crippen LogP contribution in [0.4, 0.5) is 11.4 Å². The third-order valence-electron chi connectivity index (χ3n) is 5.31. The van der Waals surface area contributed by atoms with Gasteiger partial charge in [0.25, 0.3) is 0 Å². The highest BCUT2D eigenvalue weighted by Crippen LogP contribution is 2.31. The molecule has 0 heterocycles. The second-order valence-corrected chi connectivity index (χ2v) is 7.32. The van der Waals surface area contributed by atoms with E-state index in [1.54, 1.807) is 48.5 Å². The van der Waals surface area contributed by atoms with Crippen LogP contribution in [0.5, 0.6) is 0 Å². The van der Waals surface area contributed by atoms with Crippen LogP contribution in [0.25, 0.3) is 0 Å². The summed E-state index contributed by atoms with van der Waals surface area (Å²) in [7, 11) is 0. The molecular weight excluding hydrogens is 366 g/mol. The van der Waals surface area contributed by atoms with Crippen molar-refractivity contribution >= 4 is 29.0 Å². The fourth-order valence-electron chi connectivity index (χ4n) is 3.60. The zero-order valence-corrected chi connectivity index (χ0v) is 16.3.